The van der Waals surface area contributed by atoms with Crippen LogP contribution in [0.4, 0.5) is 36.3 Å². The third kappa shape index (κ3) is 8.59. The molecule has 51 heavy (non-hydrogen) atoms. The van der Waals surface area contributed by atoms with Gasteiger partial charge in [0.1, 0.15) is 17.1 Å². The first kappa shape index (κ1) is 37.9. The molecule has 4 aromatic rings. The Bertz CT molecular complexity index is 1900. The van der Waals surface area contributed by atoms with Crippen LogP contribution in [0.5, 0.6) is 11.6 Å². The van der Waals surface area contributed by atoms with Gasteiger partial charge in [-0.1, -0.05) is 12.1 Å². The summed E-state index contributed by atoms with van der Waals surface area (Å²) in [6.07, 6.45) is 0.380. The van der Waals surface area contributed by atoms with Crippen LogP contribution in [0.1, 0.15) is 69.1 Å². The Morgan fingerprint density at radius 2 is 1.71 bits per heavy atom. The molecule has 1 aliphatic rings. The third-order valence-electron chi connectivity index (χ3n) is 8.83. The molecule has 1 aliphatic carbocycles. The lowest BCUT2D eigenvalue weighted by Crippen LogP contribution is -2.23. The van der Waals surface area contributed by atoms with E-state index in [0.717, 1.165) is 18.4 Å². The lowest BCUT2D eigenvalue weighted by Gasteiger charge is -2.28. The molecule has 1 fully saturated rings. The number of aromatic nitrogens is 3. The van der Waals surface area contributed by atoms with Crippen LogP contribution in [-0.2, 0) is 42.5 Å². The van der Waals surface area contributed by atoms with Crippen molar-refractivity contribution >= 4 is 47.5 Å². The molecule has 16 heteroatoms. The van der Waals surface area contributed by atoms with Crippen LogP contribution in [0.3, 0.4) is 0 Å². The maximum atomic E-state index is 14.3. The molecular weight excluding hydrogens is 690 g/mol. The quantitative estimate of drug-likeness (QED) is 0.0844. The molecule has 0 saturated heterocycles. The summed E-state index contributed by atoms with van der Waals surface area (Å²) in [6, 6.07) is 8.37. The van der Waals surface area contributed by atoms with Gasteiger partial charge in [0, 0.05) is 24.8 Å². The largest absolute Gasteiger partial charge is 0.495 e. The number of carbonyl (C=O) groups is 1. The molecule has 0 spiro atoms. The highest BCUT2D eigenvalue weighted by Crippen LogP contribution is 2.52. The minimum absolute atomic E-state index is 0.00931. The van der Waals surface area contributed by atoms with Gasteiger partial charge in [-0.15, -0.1) is 0 Å². The van der Waals surface area contributed by atoms with E-state index < -0.39 is 25.2 Å². The van der Waals surface area contributed by atoms with Crippen molar-refractivity contribution in [1.82, 2.24) is 14.5 Å². The summed E-state index contributed by atoms with van der Waals surface area (Å²) in [6.45, 7) is 5.95. The Morgan fingerprint density at radius 1 is 1.02 bits per heavy atom. The number of methoxy groups -OCH3 is 1. The number of carbonyl (C=O) groups excluding carboxylic acids is 1. The standard InChI is InChI=1S/C35H43F3N5O7P/c1-6-48-33(45)23-12-10-22(11-13-23)24-14-16-28(30-25(24)19-43(4)32(30)44)40-31-26(35(36,37)38)18-39-34(42-31)41-27-15-9-21(17-29(27)47-5)20-51(46,49-7-2)50-8-3/h9,14-19,22-23,44H,6-8,10-13,20H2,1-5H3,(H2,39,40,41,42). The minimum atomic E-state index is -4.80. The maximum absolute atomic E-state index is 14.3. The van der Waals surface area contributed by atoms with E-state index in [1.54, 1.807) is 58.3 Å². The number of benzene rings is 2. The molecule has 0 radical (unpaired) electrons. The molecule has 12 nitrogen and oxygen atoms in total. The van der Waals surface area contributed by atoms with Crippen LogP contribution >= 0.6 is 7.60 Å². The number of fused-ring (bicyclic) bond motifs is 1. The topological polar surface area (TPSA) is 146 Å². The first-order chi connectivity index (χ1) is 24.3. The van der Waals surface area contributed by atoms with Gasteiger partial charge in [-0.2, -0.15) is 18.2 Å². The Balaban J connectivity index is 1.45. The van der Waals surface area contributed by atoms with Crippen molar-refractivity contribution in [3.05, 3.63) is 59.4 Å². The van der Waals surface area contributed by atoms with Gasteiger partial charge < -0.3 is 38.8 Å². The van der Waals surface area contributed by atoms with Gasteiger partial charge in [0.05, 0.1) is 55.8 Å². The van der Waals surface area contributed by atoms with E-state index in [1.165, 1.54) is 11.7 Å². The molecule has 0 atom stereocenters. The predicted octanol–water partition coefficient (Wildman–Crippen LogP) is 8.79. The van der Waals surface area contributed by atoms with Gasteiger partial charge in [0.25, 0.3) is 0 Å². The number of anilines is 4. The number of ether oxygens (including phenoxy) is 2. The van der Waals surface area contributed by atoms with Crippen LogP contribution in [0.25, 0.3) is 10.8 Å². The van der Waals surface area contributed by atoms with E-state index in [9.17, 15) is 27.6 Å². The Morgan fingerprint density at radius 3 is 2.33 bits per heavy atom. The monoisotopic (exact) mass is 733 g/mol. The van der Waals surface area contributed by atoms with E-state index in [4.69, 9.17) is 18.5 Å². The average Bonchev–Trinajstić information content (AvgIpc) is 3.39. The van der Waals surface area contributed by atoms with Crippen molar-refractivity contribution < 1.29 is 46.2 Å². The highest BCUT2D eigenvalue weighted by Gasteiger charge is 2.36. The van der Waals surface area contributed by atoms with Crippen molar-refractivity contribution in [3.63, 3.8) is 0 Å². The Kier molecular flexibility index (Phi) is 11.8. The van der Waals surface area contributed by atoms with E-state index in [2.05, 4.69) is 20.6 Å². The third-order valence-corrected chi connectivity index (χ3v) is 10.9. The summed E-state index contributed by atoms with van der Waals surface area (Å²) < 4.78 is 78.9. The highest BCUT2D eigenvalue weighted by atomic mass is 31.2. The number of rotatable bonds is 14. The summed E-state index contributed by atoms with van der Waals surface area (Å²) in [5.41, 5.74) is 0.990. The Labute approximate surface area is 294 Å². The normalized spacial score (nSPS) is 16.6. The van der Waals surface area contributed by atoms with E-state index in [0.29, 0.717) is 53.4 Å². The molecule has 0 bridgehead atoms. The van der Waals surface area contributed by atoms with Gasteiger partial charge in [0.15, 0.2) is 0 Å². The lowest BCUT2D eigenvalue weighted by molar-refractivity contribution is -0.149. The van der Waals surface area contributed by atoms with Crippen molar-refractivity contribution in [2.75, 3.05) is 37.6 Å². The SMILES string of the molecule is CCOC(=O)C1CCC(c2ccc(Nc3nc(Nc4ccc(CP(=O)(OCC)OCC)cc4OC)ncc3C(F)(F)F)c3c(O)n(C)cc23)CC1. The molecular formula is C35H43F3N5O7P. The summed E-state index contributed by atoms with van der Waals surface area (Å²) >= 11 is 0. The van der Waals surface area contributed by atoms with Gasteiger partial charge in [-0.05, 0) is 81.7 Å². The molecule has 2 aromatic heterocycles. The summed E-state index contributed by atoms with van der Waals surface area (Å²) in [4.78, 5) is 20.4. The van der Waals surface area contributed by atoms with Crippen molar-refractivity contribution in [1.29, 1.82) is 0 Å². The smallest absolute Gasteiger partial charge is 0.421 e. The van der Waals surface area contributed by atoms with Crippen LogP contribution in [-0.4, -0.2) is 52.5 Å². The molecule has 1 saturated carbocycles. The summed E-state index contributed by atoms with van der Waals surface area (Å²) in [7, 11) is -0.335. The van der Waals surface area contributed by atoms with Crippen LogP contribution in [0.2, 0.25) is 0 Å². The molecule has 0 aliphatic heterocycles. The fourth-order valence-corrected chi connectivity index (χ4v) is 8.17. The molecule has 3 N–H and O–H groups in total. The first-order valence-corrected chi connectivity index (χ1v) is 18.5. The van der Waals surface area contributed by atoms with Gasteiger partial charge in [-0.3, -0.25) is 9.36 Å². The average molecular weight is 734 g/mol. The molecule has 2 heterocycles. The van der Waals surface area contributed by atoms with Crippen molar-refractivity contribution in [2.45, 2.75) is 64.7 Å². The number of nitrogens with zero attached hydrogens (tertiary/aromatic N) is 3. The second kappa shape index (κ2) is 15.9. The van der Waals surface area contributed by atoms with Gasteiger partial charge >= 0.3 is 19.7 Å². The zero-order valence-corrected chi connectivity index (χ0v) is 30.1. The number of esters is 1. The van der Waals surface area contributed by atoms with E-state index in [1.807, 2.05) is 6.07 Å². The predicted molar refractivity (Wildman–Crippen MR) is 187 cm³/mol. The zero-order chi connectivity index (χ0) is 36.9. The highest BCUT2D eigenvalue weighted by molar-refractivity contribution is 7.53. The first-order valence-electron chi connectivity index (χ1n) is 16.8. The number of halogens is 3. The molecule has 276 valence electrons. The van der Waals surface area contributed by atoms with E-state index in [-0.39, 0.29) is 54.7 Å². The fraction of sp³-hybridized carbons (Fsp3) is 0.457. The number of aryl methyl sites for hydroxylation is 1. The van der Waals surface area contributed by atoms with Crippen molar-refractivity contribution in [2.24, 2.45) is 13.0 Å². The minimum Gasteiger partial charge on any atom is -0.495 e. The molecule has 5 rings (SSSR count). The number of hydrogen-bond acceptors (Lipinski definition) is 11. The second-order valence-corrected chi connectivity index (χ2v) is 14.3. The number of hydrogen-bond donors (Lipinski definition) is 3. The summed E-state index contributed by atoms with van der Waals surface area (Å²) in [5.74, 6) is -0.793. The van der Waals surface area contributed by atoms with Crippen LogP contribution < -0.4 is 15.4 Å². The molecule has 0 amide bonds. The molecule has 0 unspecified atom stereocenters. The number of alkyl halides is 3. The van der Waals surface area contributed by atoms with Crippen LogP contribution in [0.15, 0.2) is 42.7 Å². The van der Waals surface area contributed by atoms with Crippen LogP contribution in [0, 0.1) is 5.92 Å². The second-order valence-electron chi connectivity index (χ2n) is 12.2. The van der Waals surface area contributed by atoms with Crippen molar-refractivity contribution in [3.8, 4) is 11.6 Å². The van der Waals surface area contributed by atoms with Gasteiger partial charge in [-0.25, -0.2) is 4.98 Å². The van der Waals surface area contributed by atoms with E-state index >= 15 is 0 Å². The number of nitrogens with one attached hydrogen (secondary N) is 2. The Hall–Kier alpha value is -4.33. The zero-order valence-electron chi connectivity index (χ0n) is 29.2. The summed E-state index contributed by atoms with van der Waals surface area (Å²) in [5, 5.41) is 17.9. The fourth-order valence-electron chi connectivity index (χ4n) is 6.48. The van der Waals surface area contributed by atoms with Gasteiger partial charge in [0.2, 0.25) is 11.8 Å². The maximum Gasteiger partial charge on any atom is 0.421 e. The molecule has 2 aromatic carbocycles. The number of aromatic hydroxyl groups is 1. The lowest BCUT2D eigenvalue weighted by atomic mass is 9.77.